The molecule has 2 aliphatic rings. The number of rotatable bonds is 1. The van der Waals surface area contributed by atoms with E-state index in [1.165, 1.54) is 6.42 Å². The maximum atomic E-state index is 11.0. The summed E-state index contributed by atoms with van der Waals surface area (Å²) in [5, 5.41) is 0. The quantitative estimate of drug-likeness (QED) is 0.488. The van der Waals surface area contributed by atoms with Crippen molar-refractivity contribution in [1.82, 2.24) is 0 Å². The van der Waals surface area contributed by atoms with E-state index in [-0.39, 0.29) is 38.6 Å². The summed E-state index contributed by atoms with van der Waals surface area (Å²) in [7, 11) is 0. The van der Waals surface area contributed by atoms with E-state index >= 15 is 0 Å². The second-order valence-corrected chi connectivity index (χ2v) is 3.28. The number of Topliss-reactive ketones (excluding diaryl/α,β-unsaturated/α-hetero) is 1. The average Bonchev–Trinajstić information content (AvgIpc) is 2.44. The number of hydrogen-bond donors (Lipinski definition) is 0. The summed E-state index contributed by atoms with van der Waals surface area (Å²) >= 11 is 0. The standard InChI is InChI=1S/C9H11O.Y/c1-6(10)9-5-7-2-3-8(9)4-7;/h2-3,5,7-9H,4H2,1H3;/q-1;. The molecule has 3 unspecified atom stereocenters. The minimum Gasteiger partial charge on any atom is -0.311 e. The Hall–Kier alpha value is 0.514. The summed E-state index contributed by atoms with van der Waals surface area (Å²) in [6.45, 7) is 1.69. The number of carbonyl (C=O) groups excluding carboxylic acids is 1. The topological polar surface area (TPSA) is 17.1 Å². The van der Waals surface area contributed by atoms with Gasteiger partial charge in [0.25, 0.3) is 0 Å². The SMILES string of the molecule is CC(=O)C1[CH-]C2C=CC1C2.[Y]. The molecule has 0 saturated heterocycles. The molecule has 1 radical (unpaired) electrons. The zero-order valence-corrected chi connectivity index (χ0v) is 9.50. The van der Waals surface area contributed by atoms with Crippen molar-refractivity contribution < 1.29 is 37.5 Å². The fraction of sp³-hybridized carbons (Fsp3) is 0.556. The summed E-state index contributed by atoms with van der Waals surface area (Å²) < 4.78 is 0. The molecule has 57 valence electrons. The molecule has 2 heteroatoms. The van der Waals surface area contributed by atoms with Gasteiger partial charge in [0.1, 0.15) is 5.78 Å². The molecule has 0 heterocycles. The molecule has 0 aliphatic heterocycles. The molecule has 11 heavy (non-hydrogen) atoms. The van der Waals surface area contributed by atoms with Gasteiger partial charge in [-0.25, -0.2) is 0 Å². The molecule has 0 amide bonds. The van der Waals surface area contributed by atoms with Crippen LogP contribution in [0.3, 0.4) is 0 Å². The van der Waals surface area contributed by atoms with Gasteiger partial charge < -0.3 is 11.2 Å². The minimum absolute atomic E-state index is 0. The molecule has 2 bridgehead atoms. The van der Waals surface area contributed by atoms with Crippen LogP contribution in [-0.2, 0) is 37.5 Å². The first-order chi connectivity index (χ1) is 4.77. The molecule has 0 aromatic heterocycles. The van der Waals surface area contributed by atoms with E-state index in [1.807, 2.05) is 0 Å². The van der Waals surface area contributed by atoms with Gasteiger partial charge in [-0.2, -0.15) is 0 Å². The van der Waals surface area contributed by atoms with Crippen molar-refractivity contribution >= 4 is 5.78 Å². The Morgan fingerprint density at radius 1 is 1.55 bits per heavy atom. The molecular formula is C9H11OY-. The van der Waals surface area contributed by atoms with Crippen LogP contribution in [0.4, 0.5) is 0 Å². The molecule has 1 saturated carbocycles. The third-order valence-electron chi connectivity index (χ3n) is 2.54. The molecule has 1 fully saturated rings. The predicted octanol–water partition coefficient (Wildman–Crippen LogP) is 1.60. The van der Waals surface area contributed by atoms with Gasteiger partial charge >= 0.3 is 0 Å². The van der Waals surface area contributed by atoms with E-state index in [9.17, 15) is 4.79 Å². The van der Waals surface area contributed by atoms with Crippen LogP contribution >= 0.6 is 0 Å². The van der Waals surface area contributed by atoms with Crippen molar-refractivity contribution in [3.05, 3.63) is 18.6 Å². The van der Waals surface area contributed by atoms with Crippen molar-refractivity contribution in [2.24, 2.45) is 17.8 Å². The van der Waals surface area contributed by atoms with Crippen LogP contribution < -0.4 is 0 Å². The van der Waals surface area contributed by atoms with Gasteiger partial charge in [-0.3, -0.25) is 0 Å². The second-order valence-electron chi connectivity index (χ2n) is 3.28. The monoisotopic (exact) mass is 224 g/mol. The Morgan fingerprint density at radius 2 is 2.27 bits per heavy atom. The summed E-state index contributed by atoms with van der Waals surface area (Å²) in [5.41, 5.74) is 0. The summed E-state index contributed by atoms with van der Waals surface area (Å²) in [5.74, 6) is 1.73. The molecule has 0 aromatic rings. The third kappa shape index (κ3) is 1.65. The Bertz CT molecular complexity index is 198. The molecule has 3 atom stereocenters. The predicted molar refractivity (Wildman–Crippen MR) is 39.2 cm³/mol. The van der Waals surface area contributed by atoms with Gasteiger partial charge in [0.05, 0.1) is 0 Å². The number of carbonyl (C=O) groups is 1. The van der Waals surface area contributed by atoms with Crippen molar-refractivity contribution in [3.8, 4) is 0 Å². The second kappa shape index (κ2) is 3.49. The number of fused-ring (bicyclic) bond motifs is 2. The van der Waals surface area contributed by atoms with Crippen molar-refractivity contribution in [2.75, 3.05) is 0 Å². The van der Waals surface area contributed by atoms with Gasteiger partial charge in [0.15, 0.2) is 0 Å². The molecule has 0 aromatic carbocycles. The number of allylic oxidation sites excluding steroid dienone is 2. The van der Waals surface area contributed by atoms with Gasteiger partial charge in [-0.1, -0.05) is 12.5 Å². The number of hydrogen-bond acceptors (Lipinski definition) is 1. The normalized spacial score (nSPS) is 38.8. The van der Waals surface area contributed by atoms with Crippen LogP contribution in [0, 0.1) is 24.2 Å². The first kappa shape index (κ1) is 9.60. The molecule has 2 rings (SSSR count). The van der Waals surface area contributed by atoms with Crippen molar-refractivity contribution in [3.63, 3.8) is 0 Å². The van der Waals surface area contributed by atoms with Gasteiger partial charge in [0.2, 0.25) is 0 Å². The Kier molecular flexibility index (Phi) is 3.05. The van der Waals surface area contributed by atoms with Crippen LogP contribution in [0.1, 0.15) is 13.3 Å². The average molecular weight is 224 g/mol. The zero-order valence-electron chi connectivity index (χ0n) is 6.66. The van der Waals surface area contributed by atoms with Gasteiger partial charge in [0, 0.05) is 32.7 Å². The minimum atomic E-state index is 0. The maximum Gasteiger partial charge on any atom is 0.104 e. The van der Waals surface area contributed by atoms with Crippen LogP contribution in [0.2, 0.25) is 0 Å². The van der Waals surface area contributed by atoms with E-state index in [1.54, 1.807) is 6.92 Å². The first-order valence-corrected chi connectivity index (χ1v) is 3.81. The molecule has 2 aliphatic carbocycles. The first-order valence-electron chi connectivity index (χ1n) is 3.81. The van der Waals surface area contributed by atoms with E-state index in [0.717, 1.165) is 0 Å². The van der Waals surface area contributed by atoms with E-state index in [2.05, 4.69) is 18.6 Å². The summed E-state index contributed by atoms with van der Waals surface area (Å²) in [6, 6.07) is 0. The zero-order chi connectivity index (χ0) is 7.14. The Balaban J connectivity index is 0.000000605. The molecule has 0 spiro atoms. The largest absolute Gasteiger partial charge is 0.311 e. The molecule has 0 N–H and O–H groups in total. The van der Waals surface area contributed by atoms with Crippen LogP contribution in [0.25, 0.3) is 0 Å². The smallest absolute Gasteiger partial charge is 0.104 e. The summed E-state index contributed by atoms with van der Waals surface area (Å²) in [4.78, 5) is 11.0. The van der Waals surface area contributed by atoms with Crippen molar-refractivity contribution in [2.45, 2.75) is 13.3 Å². The van der Waals surface area contributed by atoms with Crippen LogP contribution in [0.15, 0.2) is 12.2 Å². The molecule has 1 nitrogen and oxygen atoms in total. The van der Waals surface area contributed by atoms with Crippen molar-refractivity contribution in [1.29, 1.82) is 0 Å². The summed E-state index contributed by atoms with van der Waals surface area (Å²) in [6.07, 6.45) is 7.78. The third-order valence-corrected chi connectivity index (χ3v) is 2.54. The Labute approximate surface area is 92.5 Å². The Morgan fingerprint density at radius 3 is 2.55 bits per heavy atom. The van der Waals surface area contributed by atoms with Gasteiger partial charge in [-0.05, 0) is 12.8 Å². The van der Waals surface area contributed by atoms with Crippen LogP contribution in [-0.4, -0.2) is 5.78 Å². The van der Waals surface area contributed by atoms with E-state index in [0.29, 0.717) is 17.6 Å². The number of ketones is 1. The fourth-order valence-corrected chi connectivity index (χ4v) is 2.01. The van der Waals surface area contributed by atoms with E-state index in [4.69, 9.17) is 0 Å². The van der Waals surface area contributed by atoms with E-state index < -0.39 is 0 Å². The maximum absolute atomic E-state index is 11.0. The fourth-order valence-electron chi connectivity index (χ4n) is 2.01. The molecular weight excluding hydrogens is 213 g/mol. The van der Waals surface area contributed by atoms with Gasteiger partial charge in [-0.15, -0.1) is 17.9 Å². The van der Waals surface area contributed by atoms with Crippen LogP contribution in [0.5, 0.6) is 0 Å².